The summed E-state index contributed by atoms with van der Waals surface area (Å²) in [6, 6.07) is 22.4. The lowest BCUT2D eigenvalue weighted by atomic mass is 10.2. The highest BCUT2D eigenvalue weighted by molar-refractivity contribution is 7.90. The highest BCUT2D eigenvalue weighted by atomic mass is 32.2. The van der Waals surface area contributed by atoms with Crippen LogP contribution in [0.1, 0.15) is 11.1 Å². The van der Waals surface area contributed by atoms with Gasteiger partial charge in [0.15, 0.2) is 9.84 Å². The van der Waals surface area contributed by atoms with Crippen LogP contribution in [0.25, 0.3) is 0 Å². The SMILES string of the molecule is O=C(CNS(=O)(=O)c1ccccc1)NCC(=O)OCc1ccc(S(=O)(=O)Cc2ccccc2)cc1. The molecule has 0 saturated carbocycles. The van der Waals surface area contributed by atoms with Gasteiger partial charge in [0.1, 0.15) is 13.2 Å². The molecule has 0 bridgehead atoms. The molecule has 3 aromatic rings. The third-order valence-corrected chi connectivity index (χ3v) is 7.91. The fourth-order valence-electron chi connectivity index (χ4n) is 2.96. The zero-order valence-corrected chi connectivity index (χ0v) is 20.2. The second-order valence-electron chi connectivity index (χ2n) is 7.46. The zero-order chi connectivity index (χ0) is 25.3. The Morgan fingerprint density at radius 2 is 1.29 bits per heavy atom. The number of carbonyl (C=O) groups is 2. The number of hydrogen-bond acceptors (Lipinski definition) is 7. The van der Waals surface area contributed by atoms with Crippen LogP contribution in [0.3, 0.4) is 0 Å². The average molecular weight is 517 g/mol. The summed E-state index contributed by atoms with van der Waals surface area (Å²) in [5.41, 5.74) is 1.25. The summed E-state index contributed by atoms with van der Waals surface area (Å²) < 4.78 is 56.5. The zero-order valence-electron chi connectivity index (χ0n) is 18.6. The second-order valence-corrected chi connectivity index (χ2v) is 11.2. The Labute approximate surface area is 204 Å². The summed E-state index contributed by atoms with van der Waals surface area (Å²) in [5.74, 6) is -1.55. The van der Waals surface area contributed by atoms with E-state index in [0.29, 0.717) is 11.1 Å². The van der Waals surface area contributed by atoms with Gasteiger partial charge in [-0.3, -0.25) is 9.59 Å². The summed E-state index contributed by atoms with van der Waals surface area (Å²) in [4.78, 5) is 23.9. The van der Waals surface area contributed by atoms with Gasteiger partial charge >= 0.3 is 5.97 Å². The molecule has 1 amide bonds. The minimum absolute atomic E-state index is 0.0195. The second kappa shape index (κ2) is 11.7. The van der Waals surface area contributed by atoms with Gasteiger partial charge in [0.2, 0.25) is 15.9 Å². The van der Waals surface area contributed by atoms with Crippen molar-refractivity contribution in [1.29, 1.82) is 0 Å². The molecule has 0 radical (unpaired) electrons. The predicted octanol–water partition coefficient (Wildman–Crippen LogP) is 1.80. The van der Waals surface area contributed by atoms with E-state index in [0.717, 1.165) is 0 Å². The van der Waals surface area contributed by atoms with Gasteiger partial charge in [-0.15, -0.1) is 0 Å². The first kappa shape index (κ1) is 26.1. The lowest BCUT2D eigenvalue weighted by Crippen LogP contribution is -2.39. The van der Waals surface area contributed by atoms with E-state index in [1.54, 1.807) is 54.6 Å². The lowest BCUT2D eigenvalue weighted by molar-refractivity contribution is -0.145. The average Bonchev–Trinajstić information content (AvgIpc) is 2.86. The molecule has 0 spiro atoms. The quantitative estimate of drug-likeness (QED) is 0.371. The summed E-state index contributed by atoms with van der Waals surface area (Å²) in [6.07, 6.45) is 0. The first-order chi connectivity index (χ1) is 16.7. The molecule has 0 saturated heterocycles. The third-order valence-electron chi connectivity index (χ3n) is 4.79. The predicted molar refractivity (Wildman–Crippen MR) is 128 cm³/mol. The van der Waals surface area contributed by atoms with Gasteiger partial charge in [0.25, 0.3) is 0 Å². The molecule has 0 unspecified atom stereocenters. The number of sulfone groups is 1. The van der Waals surface area contributed by atoms with Gasteiger partial charge in [-0.05, 0) is 35.4 Å². The van der Waals surface area contributed by atoms with Crippen molar-refractivity contribution in [3.05, 3.63) is 96.1 Å². The van der Waals surface area contributed by atoms with Crippen LogP contribution in [0, 0.1) is 0 Å². The molecular weight excluding hydrogens is 492 g/mol. The number of rotatable bonds is 11. The maximum Gasteiger partial charge on any atom is 0.325 e. The summed E-state index contributed by atoms with van der Waals surface area (Å²) in [5, 5.41) is 2.28. The number of ether oxygens (including phenoxy) is 1. The summed E-state index contributed by atoms with van der Waals surface area (Å²) in [7, 11) is -7.36. The van der Waals surface area contributed by atoms with Crippen LogP contribution in [0.4, 0.5) is 0 Å². The normalized spacial score (nSPS) is 11.5. The maximum atomic E-state index is 12.6. The van der Waals surface area contributed by atoms with Crippen molar-refractivity contribution in [2.24, 2.45) is 0 Å². The molecule has 0 aliphatic heterocycles. The fourth-order valence-corrected chi connectivity index (χ4v) is 5.31. The molecule has 9 nitrogen and oxygen atoms in total. The molecule has 3 rings (SSSR count). The summed E-state index contributed by atoms with van der Waals surface area (Å²) >= 11 is 0. The molecule has 0 aliphatic rings. The number of nitrogens with one attached hydrogen (secondary N) is 2. The summed E-state index contributed by atoms with van der Waals surface area (Å²) in [6.45, 7) is -1.10. The van der Waals surface area contributed by atoms with Crippen LogP contribution < -0.4 is 10.0 Å². The van der Waals surface area contributed by atoms with E-state index in [2.05, 4.69) is 10.0 Å². The topological polar surface area (TPSA) is 136 Å². The van der Waals surface area contributed by atoms with Gasteiger partial charge in [-0.2, -0.15) is 0 Å². The Morgan fingerprint density at radius 3 is 1.91 bits per heavy atom. The van der Waals surface area contributed by atoms with Crippen molar-refractivity contribution in [3.8, 4) is 0 Å². The smallest absolute Gasteiger partial charge is 0.325 e. The van der Waals surface area contributed by atoms with Gasteiger partial charge in [-0.25, -0.2) is 21.6 Å². The van der Waals surface area contributed by atoms with Crippen molar-refractivity contribution in [1.82, 2.24) is 10.0 Å². The number of carbonyl (C=O) groups excluding carboxylic acids is 2. The van der Waals surface area contributed by atoms with Gasteiger partial charge < -0.3 is 10.1 Å². The van der Waals surface area contributed by atoms with Crippen molar-refractivity contribution < 1.29 is 31.2 Å². The van der Waals surface area contributed by atoms with Gasteiger partial charge in [-0.1, -0.05) is 60.7 Å². The molecule has 11 heteroatoms. The van der Waals surface area contributed by atoms with E-state index in [-0.39, 0.29) is 22.2 Å². The van der Waals surface area contributed by atoms with E-state index in [1.165, 1.54) is 24.3 Å². The van der Waals surface area contributed by atoms with Crippen molar-refractivity contribution in [2.45, 2.75) is 22.2 Å². The first-order valence-corrected chi connectivity index (χ1v) is 13.6. The Bertz CT molecular complexity index is 1360. The van der Waals surface area contributed by atoms with Crippen molar-refractivity contribution in [2.75, 3.05) is 13.1 Å². The Kier molecular flexibility index (Phi) is 8.74. The molecule has 184 valence electrons. The van der Waals surface area contributed by atoms with Crippen LogP contribution in [0.15, 0.2) is 94.7 Å². The largest absolute Gasteiger partial charge is 0.460 e. The Morgan fingerprint density at radius 1 is 0.686 bits per heavy atom. The van der Waals surface area contributed by atoms with Crippen LogP contribution in [0.2, 0.25) is 0 Å². The molecular formula is C24H24N2O7S2. The number of hydrogen-bond donors (Lipinski definition) is 2. The molecule has 2 N–H and O–H groups in total. The maximum absolute atomic E-state index is 12.6. The Balaban J connectivity index is 1.42. The van der Waals surface area contributed by atoms with E-state index >= 15 is 0 Å². The minimum atomic E-state index is -3.84. The monoisotopic (exact) mass is 516 g/mol. The molecule has 3 aromatic carbocycles. The van der Waals surface area contributed by atoms with E-state index < -0.39 is 44.8 Å². The first-order valence-electron chi connectivity index (χ1n) is 10.5. The number of esters is 1. The molecule has 0 fully saturated rings. The minimum Gasteiger partial charge on any atom is -0.460 e. The molecule has 35 heavy (non-hydrogen) atoms. The van der Waals surface area contributed by atoms with Crippen LogP contribution in [0.5, 0.6) is 0 Å². The number of amides is 1. The number of sulfonamides is 1. The van der Waals surface area contributed by atoms with Gasteiger partial charge in [0, 0.05) is 0 Å². The lowest BCUT2D eigenvalue weighted by Gasteiger charge is -2.09. The van der Waals surface area contributed by atoms with Crippen molar-refractivity contribution in [3.63, 3.8) is 0 Å². The standard InChI is InChI=1S/C24H24N2O7S2/c27-23(15-26-35(31,32)22-9-5-2-6-10-22)25-16-24(28)33-17-19-11-13-21(14-12-19)34(29,30)18-20-7-3-1-4-8-20/h1-14,26H,15-18H2,(H,25,27). The molecule has 0 heterocycles. The van der Waals surface area contributed by atoms with E-state index in [9.17, 15) is 26.4 Å². The van der Waals surface area contributed by atoms with Crippen LogP contribution in [-0.4, -0.2) is 41.8 Å². The third kappa shape index (κ3) is 8.02. The van der Waals surface area contributed by atoms with E-state index in [1.807, 2.05) is 6.07 Å². The molecule has 0 aromatic heterocycles. The molecule has 0 atom stereocenters. The van der Waals surface area contributed by atoms with Crippen LogP contribution >= 0.6 is 0 Å². The highest BCUT2D eigenvalue weighted by Gasteiger charge is 2.17. The van der Waals surface area contributed by atoms with Crippen molar-refractivity contribution >= 4 is 31.7 Å². The number of benzene rings is 3. The molecule has 0 aliphatic carbocycles. The fraction of sp³-hybridized carbons (Fsp3) is 0.167. The highest BCUT2D eigenvalue weighted by Crippen LogP contribution is 2.17. The van der Waals surface area contributed by atoms with Crippen LogP contribution in [-0.2, 0) is 46.5 Å². The Hall–Kier alpha value is -3.54. The van der Waals surface area contributed by atoms with E-state index in [4.69, 9.17) is 4.74 Å². The van der Waals surface area contributed by atoms with Gasteiger partial charge in [0.05, 0.1) is 22.1 Å².